The molecule has 4 nitrogen and oxygen atoms in total. The van der Waals surface area contributed by atoms with Crippen LogP contribution in [-0.2, 0) is 10.2 Å². The number of hydrogen-bond donors (Lipinski definition) is 1. The van der Waals surface area contributed by atoms with Gasteiger partial charge in [0, 0.05) is 12.1 Å². The zero-order valence-corrected chi connectivity index (χ0v) is 13.3. The van der Waals surface area contributed by atoms with Gasteiger partial charge < -0.3 is 9.84 Å². The van der Waals surface area contributed by atoms with E-state index >= 15 is 0 Å². The first-order chi connectivity index (χ1) is 10.8. The molecule has 0 radical (unpaired) electrons. The molecule has 5 heteroatoms. The summed E-state index contributed by atoms with van der Waals surface area (Å²) in [5, 5.41) is 9.45. The van der Waals surface area contributed by atoms with Crippen LogP contribution in [0.5, 0.6) is 0 Å². The molecule has 4 rings (SSSR count). The molecular formula is C17H20N2O2S. The predicted molar refractivity (Wildman–Crippen MR) is 85.7 cm³/mol. The van der Waals surface area contributed by atoms with E-state index in [0.717, 1.165) is 42.0 Å². The second-order valence-electron chi connectivity index (χ2n) is 6.44. The SMILES string of the molecule is O=C(NC1CCCCC1)C1(c2cc(-c3cccs3)on2)CC1. The Balaban J connectivity index is 1.50. The molecule has 2 fully saturated rings. The fourth-order valence-electron chi connectivity index (χ4n) is 3.33. The number of nitrogens with one attached hydrogen (secondary N) is 1. The summed E-state index contributed by atoms with van der Waals surface area (Å²) in [6.07, 6.45) is 7.73. The van der Waals surface area contributed by atoms with Gasteiger partial charge in [0.1, 0.15) is 0 Å². The molecule has 2 heterocycles. The average molecular weight is 316 g/mol. The largest absolute Gasteiger partial charge is 0.355 e. The van der Waals surface area contributed by atoms with E-state index in [9.17, 15) is 4.79 Å². The van der Waals surface area contributed by atoms with Crippen molar-refractivity contribution in [1.82, 2.24) is 10.5 Å². The van der Waals surface area contributed by atoms with Crippen molar-refractivity contribution in [2.24, 2.45) is 0 Å². The summed E-state index contributed by atoms with van der Waals surface area (Å²) >= 11 is 1.62. The standard InChI is InChI=1S/C17H20N2O2S/c20-16(18-12-5-2-1-3-6-12)17(8-9-17)15-11-13(21-19-15)14-7-4-10-22-14/h4,7,10-12H,1-3,5-6,8-9H2,(H,18,20). The first-order valence-electron chi connectivity index (χ1n) is 8.10. The van der Waals surface area contributed by atoms with E-state index in [2.05, 4.69) is 10.5 Å². The summed E-state index contributed by atoms with van der Waals surface area (Å²) in [4.78, 5) is 13.8. The number of aromatic nitrogens is 1. The van der Waals surface area contributed by atoms with Crippen LogP contribution in [0.2, 0.25) is 0 Å². The molecule has 2 aliphatic rings. The van der Waals surface area contributed by atoms with Gasteiger partial charge >= 0.3 is 0 Å². The molecule has 2 aromatic heterocycles. The highest BCUT2D eigenvalue weighted by Gasteiger charge is 2.54. The smallest absolute Gasteiger partial charge is 0.232 e. The molecule has 0 aliphatic heterocycles. The second kappa shape index (κ2) is 5.54. The van der Waals surface area contributed by atoms with Gasteiger partial charge in [-0.05, 0) is 37.1 Å². The molecule has 0 atom stereocenters. The van der Waals surface area contributed by atoms with Crippen molar-refractivity contribution >= 4 is 17.2 Å². The van der Waals surface area contributed by atoms with Gasteiger partial charge in [-0.2, -0.15) is 0 Å². The molecule has 2 aromatic rings. The second-order valence-corrected chi connectivity index (χ2v) is 7.39. The monoisotopic (exact) mass is 316 g/mol. The van der Waals surface area contributed by atoms with Crippen LogP contribution in [-0.4, -0.2) is 17.1 Å². The zero-order chi connectivity index (χ0) is 15.0. The molecule has 0 aromatic carbocycles. The van der Waals surface area contributed by atoms with E-state index in [0.29, 0.717) is 6.04 Å². The Bertz CT molecular complexity index is 652. The minimum atomic E-state index is -0.434. The van der Waals surface area contributed by atoms with Gasteiger partial charge in [-0.15, -0.1) is 11.3 Å². The van der Waals surface area contributed by atoms with Crippen LogP contribution >= 0.6 is 11.3 Å². The normalized spacial score (nSPS) is 20.7. The van der Waals surface area contributed by atoms with Crippen molar-refractivity contribution < 1.29 is 9.32 Å². The van der Waals surface area contributed by atoms with Crippen LogP contribution in [0.15, 0.2) is 28.1 Å². The van der Waals surface area contributed by atoms with Gasteiger partial charge in [-0.1, -0.05) is 30.5 Å². The Labute approximate surface area is 133 Å². The number of amides is 1. The molecular weight excluding hydrogens is 296 g/mol. The lowest BCUT2D eigenvalue weighted by atomic mass is 9.93. The third-order valence-electron chi connectivity index (χ3n) is 4.89. The highest BCUT2D eigenvalue weighted by molar-refractivity contribution is 7.13. The van der Waals surface area contributed by atoms with Gasteiger partial charge in [0.25, 0.3) is 0 Å². The van der Waals surface area contributed by atoms with Crippen molar-refractivity contribution in [2.45, 2.75) is 56.4 Å². The van der Waals surface area contributed by atoms with E-state index in [-0.39, 0.29) is 5.91 Å². The minimum Gasteiger partial charge on any atom is -0.355 e. The van der Waals surface area contributed by atoms with Crippen LogP contribution in [0, 0.1) is 0 Å². The summed E-state index contributed by atoms with van der Waals surface area (Å²) in [6.45, 7) is 0. The van der Waals surface area contributed by atoms with Crippen LogP contribution < -0.4 is 5.32 Å². The quantitative estimate of drug-likeness (QED) is 0.931. The van der Waals surface area contributed by atoms with Crippen LogP contribution in [0.3, 0.4) is 0 Å². The van der Waals surface area contributed by atoms with Crippen LogP contribution in [0.25, 0.3) is 10.6 Å². The molecule has 1 amide bonds. The number of carbonyl (C=O) groups excluding carboxylic acids is 1. The summed E-state index contributed by atoms with van der Waals surface area (Å²) < 4.78 is 5.46. The van der Waals surface area contributed by atoms with E-state index in [4.69, 9.17) is 4.52 Å². The Kier molecular flexibility index (Phi) is 3.53. The van der Waals surface area contributed by atoms with Gasteiger partial charge in [-0.3, -0.25) is 4.79 Å². The fraction of sp³-hybridized carbons (Fsp3) is 0.529. The minimum absolute atomic E-state index is 0.144. The first-order valence-corrected chi connectivity index (χ1v) is 8.98. The zero-order valence-electron chi connectivity index (χ0n) is 12.5. The molecule has 2 aliphatic carbocycles. The van der Waals surface area contributed by atoms with E-state index < -0.39 is 5.41 Å². The molecule has 0 saturated heterocycles. The lowest BCUT2D eigenvalue weighted by Gasteiger charge is -2.24. The molecule has 22 heavy (non-hydrogen) atoms. The molecule has 0 unspecified atom stereocenters. The fourth-order valence-corrected chi connectivity index (χ4v) is 4.00. The highest BCUT2D eigenvalue weighted by Crippen LogP contribution is 2.49. The summed E-state index contributed by atoms with van der Waals surface area (Å²) in [5.41, 5.74) is 0.361. The number of rotatable bonds is 4. The maximum Gasteiger partial charge on any atom is 0.232 e. The summed E-state index contributed by atoms with van der Waals surface area (Å²) in [5.74, 6) is 0.909. The van der Waals surface area contributed by atoms with E-state index in [1.165, 1.54) is 19.3 Å². The number of nitrogens with zero attached hydrogens (tertiary/aromatic N) is 1. The van der Waals surface area contributed by atoms with E-state index in [1.54, 1.807) is 11.3 Å². The van der Waals surface area contributed by atoms with E-state index in [1.807, 2.05) is 23.6 Å². The highest BCUT2D eigenvalue weighted by atomic mass is 32.1. The number of hydrogen-bond acceptors (Lipinski definition) is 4. The van der Waals surface area contributed by atoms with Crippen LogP contribution in [0.1, 0.15) is 50.6 Å². The predicted octanol–water partition coefficient (Wildman–Crippen LogP) is 3.88. The maximum atomic E-state index is 12.7. The van der Waals surface area contributed by atoms with Gasteiger partial charge in [0.15, 0.2) is 5.76 Å². The van der Waals surface area contributed by atoms with Crippen LogP contribution in [0.4, 0.5) is 0 Å². The van der Waals surface area contributed by atoms with Gasteiger partial charge in [0.05, 0.1) is 16.0 Å². The molecule has 2 saturated carbocycles. The third-order valence-corrected chi connectivity index (χ3v) is 5.77. The molecule has 0 spiro atoms. The molecule has 1 N–H and O–H groups in total. The first kappa shape index (κ1) is 14.0. The third kappa shape index (κ3) is 2.47. The molecule has 116 valence electrons. The topological polar surface area (TPSA) is 55.1 Å². The van der Waals surface area contributed by atoms with Crippen molar-refractivity contribution in [3.8, 4) is 10.6 Å². The van der Waals surface area contributed by atoms with Crippen molar-refractivity contribution in [3.05, 3.63) is 29.3 Å². The average Bonchev–Trinajstić information content (AvgIpc) is 2.98. The summed E-state index contributed by atoms with van der Waals surface area (Å²) in [7, 11) is 0. The summed E-state index contributed by atoms with van der Waals surface area (Å²) in [6, 6.07) is 6.29. The number of thiophene rings is 1. The lowest BCUT2D eigenvalue weighted by Crippen LogP contribution is -2.42. The van der Waals surface area contributed by atoms with Gasteiger partial charge in [-0.25, -0.2) is 0 Å². The Morgan fingerprint density at radius 3 is 2.82 bits per heavy atom. The lowest BCUT2D eigenvalue weighted by molar-refractivity contribution is -0.124. The van der Waals surface area contributed by atoms with Crippen molar-refractivity contribution in [3.63, 3.8) is 0 Å². The molecule has 0 bridgehead atoms. The Hall–Kier alpha value is -1.62. The Morgan fingerprint density at radius 2 is 2.14 bits per heavy atom. The maximum absolute atomic E-state index is 12.7. The number of carbonyl (C=O) groups is 1. The van der Waals surface area contributed by atoms with Gasteiger partial charge in [0.2, 0.25) is 5.91 Å². The van der Waals surface area contributed by atoms with Crippen molar-refractivity contribution in [1.29, 1.82) is 0 Å². The Morgan fingerprint density at radius 1 is 1.32 bits per heavy atom. The van der Waals surface area contributed by atoms with Crippen molar-refractivity contribution in [2.75, 3.05) is 0 Å².